The predicted octanol–water partition coefficient (Wildman–Crippen LogP) is 2.55. The minimum Gasteiger partial charge on any atom is -0.352 e. The van der Waals surface area contributed by atoms with E-state index in [1.807, 2.05) is 32.9 Å². The second-order valence-electron chi connectivity index (χ2n) is 7.57. The van der Waals surface area contributed by atoms with Crippen LogP contribution in [0.2, 0.25) is 0 Å². The number of benzene rings is 1. The van der Waals surface area contributed by atoms with Crippen LogP contribution in [-0.2, 0) is 10.0 Å². The van der Waals surface area contributed by atoms with Gasteiger partial charge in [-0.1, -0.05) is 17.7 Å². The van der Waals surface area contributed by atoms with Crippen LogP contribution in [0, 0.1) is 26.7 Å². The molecule has 138 valence electrons. The summed E-state index contributed by atoms with van der Waals surface area (Å²) in [7, 11) is -3.06. The van der Waals surface area contributed by atoms with Crippen LogP contribution in [0.15, 0.2) is 12.1 Å². The van der Waals surface area contributed by atoms with Gasteiger partial charge >= 0.3 is 0 Å². The number of rotatable bonds is 5. The Hall–Kier alpha value is -1.40. The summed E-state index contributed by atoms with van der Waals surface area (Å²) in [5, 5.41) is 2.92. The summed E-state index contributed by atoms with van der Waals surface area (Å²) in [6.07, 6.45) is 3.26. The standard InChI is InChI=1S/C19H28N2O3S/c1-13-10-14(2)18(15(3)11-13)19(22)20-12-16-6-8-21(9-7-16)25(23,24)17-4-5-17/h10-11,16-17H,4-9,12H2,1-3H3,(H,20,22). The van der Waals surface area contributed by atoms with E-state index >= 15 is 0 Å². The Kier molecular flexibility index (Phi) is 5.21. The van der Waals surface area contributed by atoms with E-state index in [1.165, 1.54) is 0 Å². The number of aryl methyl sites for hydroxylation is 3. The maximum atomic E-state index is 12.5. The summed E-state index contributed by atoms with van der Waals surface area (Å²) in [5.74, 6) is 0.323. The zero-order chi connectivity index (χ0) is 18.2. The molecule has 1 saturated heterocycles. The zero-order valence-electron chi connectivity index (χ0n) is 15.3. The molecule has 0 bridgehead atoms. The van der Waals surface area contributed by atoms with E-state index in [1.54, 1.807) is 4.31 Å². The van der Waals surface area contributed by atoms with Gasteiger partial charge in [0.1, 0.15) is 0 Å². The summed E-state index contributed by atoms with van der Waals surface area (Å²) >= 11 is 0. The number of amides is 1. The van der Waals surface area contributed by atoms with Gasteiger partial charge in [-0.15, -0.1) is 0 Å². The van der Waals surface area contributed by atoms with Gasteiger partial charge in [0.05, 0.1) is 5.25 Å². The number of carbonyl (C=O) groups excluding carboxylic acids is 1. The van der Waals surface area contributed by atoms with Gasteiger partial charge in [0.25, 0.3) is 5.91 Å². The van der Waals surface area contributed by atoms with Crippen molar-refractivity contribution in [2.75, 3.05) is 19.6 Å². The van der Waals surface area contributed by atoms with Crippen molar-refractivity contribution in [3.8, 4) is 0 Å². The topological polar surface area (TPSA) is 66.5 Å². The van der Waals surface area contributed by atoms with Gasteiger partial charge < -0.3 is 5.32 Å². The van der Waals surface area contributed by atoms with Crippen molar-refractivity contribution in [1.29, 1.82) is 0 Å². The number of piperidine rings is 1. The number of hydrogen-bond acceptors (Lipinski definition) is 3. The number of nitrogens with one attached hydrogen (secondary N) is 1. The van der Waals surface area contributed by atoms with Crippen LogP contribution in [0.4, 0.5) is 0 Å². The van der Waals surface area contributed by atoms with Gasteiger partial charge in [0.2, 0.25) is 10.0 Å². The van der Waals surface area contributed by atoms with Gasteiger partial charge in [0, 0.05) is 25.2 Å². The Balaban J connectivity index is 1.53. The van der Waals surface area contributed by atoms with Crippen molar-refractivity contribution in [2.24, 2.45) is 5.92 Å². The Morgan fingerprint density at radius 3 is 2.16 bits per heavy atom. The molecule has 1 heterocycles. The Morgan fingerprint density at radius 1 is 1.08 bits per heavy atom. The summed E-state index contributed by atoms with van der Waals surface area (Å²) in [6, 6.07) is 4.06. The summed E-state index contributed by atoms with van der Waals surface area (Å²) in [4.78, 5) is 12.5. The minimum atomic E-state index is -3.06. The molecule has 1 aliphatic heterocycles. The van der Waals surface area contributed by atoms with E-state index in [-0.39, 0.29) is 11.2 Å². The molecule has 0 aromatic heterocycles. The zero-order valence-corrected chi connectivity index (χ0v) is 16.2. The van der Waals surface area contributed by atoms with Crippen LogP contribution in [-0.4, -0.2) is 43.5 Å². The molecule has 2 fully saturated rings. The quantitative estimate of drug-likeness (QED) is 0.873. The molecule has 1 saturated carbocycles. The molecule has 25 heavy (non-hydrogen) atoms. The number of carbonyl (C=O) groups is 1. The largest absolute Gasteiger partial charge is 0.352 e. The van der Waals surface area contributed by atoms with E-state index in [0.29, 0.717) is 25.6 Å². The highest BCUT2D eigenvalue weighted by molar-refractivity contribution is 7.90. The molecule has 1 aromatic rings. The number of sulfonamides is 1. The highest BCUT2D eigenvalue weighted by Gasteiger charge is 2.41. The minimum absolute atomic E-state index is 0.0250. The van der Waals surface area contributed by atoms with E-state index in [0.717, 1.165) is 47.9 Å². The predicted molar refractivity (Wildman–Crippen MR) is 99.2 cm³/mol. The average molecular weight is 365 g/mol. The molecule has 1 N–H and O–H groups in total. The molecule has 6 heteroatoms. The lowest BCUT2D eigenvalue weighted by atomic mass is 9.96. The normalized spacial score (nSPS) is 19.8. The van der Waals surface area contributed by atoms with Gasteiger partial charge in [-0.3, -0.25) is 4.79 Å². The molecule has 5 nitrogen and oxygen atoms in total. The molecule has 0 spiro atoms. The molecule has 0 radical (unpaired) electrons. The van der Waals surface area contributed by atoms with Crippen molar-refractivity contribution >= 4 is 15.9 Å². The van der Waals surface area contributed by atoms with Crippen molar-refractivity contribution in [3.63, 3.8) is 0 Å². The van der Waals surface area contributed by atoms with E-state index < -0.39 is 10.0 Å². The van der Waals surface area contributed by atoms with Crippen molar-refractivity contribution in [3.05, 3.63) is 34.4 Å². The lowest BCUT2D eigenvalue weighted by Gasteiger charge is -2.31. The first-order valence-electron chi connectivity index (χ1n) is 9.14. The van der Waals surface area contributed by atoms with Gasteiger partial charge in [-0.2, -0.15) is 0 Å². The fraction of sp³-hybridized carbons (Fsp3) is 0.632. The van der Waals surface area contributed by atoms with Crippen molar-refractivity contribution in [1.82, 2.24) is 9.62 Å². The first kappa shape index (κ1) is 18.4. The Bertz CT molecular complexity index is 738. The molecule has 3 rings (SSSR count). The van der Waals surface area contributed by atoms with Crippen LogP contribution in [0.1, 0.15) is 52.7 Å². The third kappa shape index (κ3) is 4.06. The molecule has 1 aliphatic carbocycles. The SMILES string of the molecule is Cc1cc(C)c(C(=O)NCC2CCN(S(=O)(=O)C3CC3)CC2)c(C)c1. The van der Waals surface area contributed by atoms with Crippen LogP contribution < -0.4 is 5.32 Å². The molecular formula is C19H28N2O3S. The van der Waals surface area contributed by atoms with Crippen LogP contribution in [0.5, 0.6) is 0 Å². The molecule has 1 amide bonds. The lowest BCUT2D eigenvalue weighted by Crippen LogP contribution is -2.42. The third-order valence-corrected chi connectivity index (χ3v) is 7.73. The van der Waals surface area contributed by atoms with Gasteiger partial charge in [0.15, 0.2) is 0 Å². The molecule has 1 aromatic carbocycles. The fourth-order valence-electron chi connectivity index (χ4n) is 3.81. The van der Waals surface area contributed by atoms with Crippen molar-refractivity contribution in [2.45, 2.75) is 51.7 Å². The third-order valence-electron chi connectivity index (χ3n) is 5.33. The number of hydrogen-bond donors (Lipinski definition) is 1. The summed E-state index contributed by atoms with van der Waals surface area (Å²) in [6.45, 7) is 7.75. The van der Waals surface area contributed by atoms with E-state index in [2.05, 4.69) is 5.32 Å². The monoisotopic (exact) mass is 364 g/mol. The van der Waals surface area contributed by atoms with Crippen LogP contribution in [0.25, 0.3) is 0 Å². The maximum Gasteiger partial charge on any atom is 0.251 e. The second kappa shape index (κ2) is 7.08. The average Bonchev–Trinajstić information content (AvgIpc) is 3.37. The second-order valence-corrected chi connectivity index (χ2v) is 9.78. The Morgan fingerprint density at radius 2 is 1.64 bits per heavy atom. The van der Waals surface area contributed by atoms with Crippen LogP contribution >= 0.6 is 0 Å². The summed E-state index contributed by atoms with van der Waals surface area (Å²) < 4.78 is 26.2. The fourth-order valence-corrected chi connectivity index (χ4v) is 5.68. The molecular weight excluding hydrogens is 336 g/mol. The van der Waals surface area contributed by atoms with E-state index in [4.69, 9.17) is 0 Å². The maximum absolute atomic E-state index is 12.5. The van der Waals surface area contributed by atoms with E-state index in [9.17, 15) is 13.2 Å². The molecule has 0 atom stereocenters. The first-order valence-corrected chi connectivity index (χ1v) is 10.6. The van der Waals surface area contributed by atoms with Gasteiger partial charge in [-0.25, -0.2) is 12.7 Å². The highest BCUT2D eigenvalue weighted by Crippen LogP contribution is 2.33. The van der Waals surface area contributed by atoms with Crippen LogP contribution in [0.3, 0.4) is 0 Å². The highest BCUT2D eigenvalue weighted by atomic mass is 32.2. The smallest absolute Gasteiger partial charge is 0.251 e. The number of nitrogens with zero attached hydrogens (tertiary/aromatic N) is 1. The molecule has 2 aliphatic rings. The van der Waals surface area contributed by atoms with Gasteiger partial charge in [-0.05, 0) is 63.5 Å². The van der Waals surface area contributed by atoms with Crippen molar-refractivity contribution < 1.29 is 13.2 Å². The Labute approximate surface area is 150 Å². The summed E-state index contributed by atoms with van der Waals surface area (Å²) in [5.41, 5.74) is 3.93. The first-order chi connectivity index (χ1) is 11.8. The molecule has 0 unspecified atom stereocenters. The lowest BCUT2D eigenvalue weighted by molar-refractivity contribution is 0.0940.